The molecular weight excluding hydrogens is 312 g/mol. The molecule has 0 radical (unpaired) electrons. The first-order chi connectivity index (χ1) is 9.78. The zero-order valence-electron chi connectivity index (χ0n) is 12.9. The monoisotopic (exact) mass is 334 g/mol. The third-order valence-electron chi connectivity index (χ3n) is 2.93. The Morgan fingerprint density at radius 1 is 1.29 bits per heavy atom. The van der Waals surface area contributed by atoms with Crippen molar-refractivity contribution in [3.63, 3.8) is 0 Å². The molecule has 1 heterocycles. The van der Waals surface area contributed by atoms with E-state index in [1.54, 1.807) is 7.05 Å². The van der Waals surface area contributed by atoms with Gasteiger partial charge in [-0.3, -0.25) is 0 Å². The van der Waals surface area contributed by atoms with Crippen LogP contribution >= 0.6 is 11.6 Å². The number of halogens is 1. The van der Waals surface area contributed by atoms with Gasteiger partial charge in [-0.05, 0) is 26.6 Å². The number of nitrogens with zero attached hydrogens (tertiary/aromatic N) is 3. The van der Waals surface area contributed by atoms with E-state index in [4.69, 9.17) is 11.6 Å². The lowest BCUT2D eigenvalue weighted by Gasteiger charge is -2.19. The number of aromatic nitrogens is 1. The maximum Gasteiger partial charge on any atom is 0.244 e. The molecule has 0 saturated carbocycles. The first kappa shape index (κ1) is 18.2. The minimum Gasteiger partial charge on any atom is -0.369 e. The van der Waals surface area contributed by atoms with Gasteiger partial charge in [-0.25, -0.2) is 13.4 Å². The molecule has 1 rings (SSSR count). The Labute approximate surface area is 132 Å². The summed E-state index contributed by atoms with van der Waals surface area (Å²) >= 11 is 6.09. The number of rotatable bonds is 8. The van der Waals surface area contributed by atoms with Gasteiger partial charge in [-0.2, -0.15) is 4.31 Å². The van der Waals surface area contributed by atoms with Gasteiger partial charge < -0.3 is 10.2 Å². The van der Waals surface area contributed by atoms with E-state index in [9.17, 15) is 8.42 Å². The number of anilines is 1. The molecule has 1 aromatic heterocycles. The molecule has 0 fully saturated rings. The molecule has 21 heavy (non-hydrogen) atoms. The average Bonchev–Trinajstić information content (AvgIpc) is 2.43. The smallest absolute Gasteiger partial charge is 0.244 e. The molecule has 0 aliphatic heterocycles. The fraction of sp³-hybridized carbons (Fsp3) is 0.615. The van der Waals surface area contributed by atoms with Crippen molar-refractivity contribution in [3.05, 3.63) is 17.3 Å². The van der Waals surface area contributed by atoms with E-state index in [0.717, 1.165) is 13.0 Å². The highest BCUT2D eigenvalue weighted by atomic mass is 35.5. The standard InChI is InChI=1S/C13H23ClN4O2S/c1-5-6-15-13-12(14)9-11(10-16-13)21(19,20)18(4)8-7-17(2)3/h9-10H,5-8H2,1-4H3,(H,15,16). The number of hydrogen-bond donors (Lipinski definition) is 1. The molecule has 0 amide bonds. The van der Waals surface area contributed by atoms with Gasteiger partial charge in [0.1, 0.15) is 10.7 Å². The van der Waals surface area contributed by atoms with Crippen LogP contribution in [0.4, 0.5) is 5.82 Å². The summed E-state index contributed by atoms with van der Waals surface area (Å²) < 4.78 is 26.1. The second-order valence-corrected chi connectivity index (χ2v) is 7.51. The van der Waals surface area contributed by atoms with E-state index in [2.05, 4.69) is 10.3 Å². The highest BCUT2D eigenvalue weighted by Gasteiger charge is 2.22. The Hall–Kier alpha value is -0.890. The number of hydrogen-bond acceptors (Lipinski definition) is 5. The largest absolute Gasteiger partial charge is 0.369 e. The fourth-order valence-corrected chi connectivity index (χ4v) is 3.01. The van der Waals surface area contributed by atoms with Crippen LogP contribution < -0.4 is 5.32 Å². The van der Waals surface area contributed by atoms with Gasteiger partial charge in [0.25, 0.3) is 0 Å². The van der Waals surface area contributed by atoms with Crippen molar-refractivity contribution in [3.8, 4) is 0 Å². The van der Waals surface area contributed by atoms with E-state index in [1.807, 2.05) is 25.9 Å². The summed E-state index contributed by atoms with van der Waals surface area (Å²) in [6.45, 7) is 3.82. The predicted octanol–water partition coefficient (Wildman–Crippen LogP) is 1.74. The van der Waals surface area contributed by atoms with Crippen molar-refractivity contribution in [1.82, 2.24) is 14.2 Å². The van der Waals surface area contributed by atoms with Crippen LogP contribution in [0.5, 0.6) is 0 Å². The number of sulfonamides is 1. The summed E-state index contributed by atoms with van der Waals surface area (Å²) in [5.74, 6) is 0.508. The predicted molar refractivity (Wildman–Crippen MR) is 86.4 cm³/mol. The van der Waals surface area contributed by atoms with Crippen LogP contribution in [0, 0.1) is 0 Å². The lowest BCUT2D eigenvalue weighted by Crippen LogP contribution is -2.33. The maximum absolute atomic E-state index is 12.4. The average molecular weight is 335 g/mol. The Bertz CT molecular complexity index is 563. The summed E-state index contributed by atoms with van der Waals surface area (Å²) in [7, 11) is 1.78. The van der Waals surface area contributed by atoms with Gasteiger partial charge in [0.05, 0.1) is 5.02 Å². The molecule has 0 bridgehead atoms. The van der Waals surface area contributed by atoms with E-state index < -0.39 is 10.0 Å². The quantitative estimate of drug-likeness (QED) is 0.784. The second kappa shape index (κ2) is 7.93. The molecule has 0 unspecified atom stereocenters. The lowest BCUT2D eigenvalue weighted by molar-refractivity contribution is 0.358. The zero-order chi connectivity index (χ0) is 16.0. The third kappa shape index (κ3) is 5.10. The van der Waals surface area contributed by atoms with E-state index in [-0.39, 0.29) is 4.90 Å². The molecule has 0 atom stereocenters. The Balaban J connectivity index is 2.91. The SMILES string of the molecule is CCCNc1ncc(S(=O)(=O)N(C)CCN(C)C)cc1Cl. The summed E-state index contributed by atoms with van der Waals surface area (Å²) in [4.78, 5) is 6.13. The van der Waals surface area contributed by atoms with Crippen LogP contribution in [-0.2, 0) is 10.0 Å². The molecule has 0 aromatic carbocycles. The molecule has 1 N–H and O–H groups in total. The van der Waals surface area contributed by atoms with Gasteiger partial charge in [-0.1, -0.05) is 18.5 Å². The van der Waals surface area contributed by atoms with Crippen molar-refractivity contribution < 1.29 is 8.42 Å². The molecule has 0 spiro atoms. The number of pyridine rings is 1. The first-order valence-electron chi connectivity index (χ1n) is 6.79. The van der Waals surface area contributed by atoms with Gasteiger partial charge in [0, 0.05) is 32.9 Å². The molecule has 8 heteroatoms. The molecule has 6 nitrogen and oxygen atoms in total. The molecule has 0 aliphatic carbocycles. The summed E-state index contributed by atoms with van der Waals surface area (Å²) in [5, 5.41) is 3.36. The van der Waals surface area contributed by atoms with Crippen molar-refractivity contribution in [2.75, 3.05) is 46.1 Å². The Kier molecular flexibility index (Phi) is 6.86. The Morgan fingerprint density at radius 2 is 1.95 bits per heavy atom. The molecule has 0 aliphatic rings. The van der Waals surface area contributed by atoms with Gasteiger partial charge in [0.2, 0.25) is 10.0 Å². The highest BCUT2D eigenvalue weighted by molar-refractivity contribution is 7.89. The van der Waals surface area contributed by atoms with Crippen LogP contribution in [0.15, 0.2) is 17.2 Å². The normalized spacial score (nSPS) is 12.1. The van der Waals surface area contributed by atoms with Crippen molar-refractivity contribution in [2.24, 2.45) is 0 Å². The molecule has 0 saturated heterocycles. The van der Waals surface area contributed by atoms with E-state index >= 15 is 0 Å². The third-order valence-corrected chi connectivity index (χ3v) is 5.04. The van der Waals surface area contributed by atoms with Crippen LogP contribution in [-0.4, -0.2) is 63.4 Å². The minimum atomic E-state index is -3.56. The molecule has 120 valence electrons. The summed E-state index contributed by atoms with van der Waals surface area (Å²) in [6, 6.07) is 1.44. The van der Waals surface area contributed by atoms with Crippen LogP contribution in [0.2, 0.25) is 5.02 Å². The van der Waals surface area contributed by atoms with Gasteiger partial charge in [0.15, 0.2) is 0 Å². The number of nitrogens with one attached hydrogen (secondary N) is 1. The van der Waals surface area contributed by atoms with Crippen LogP contribution in [0.25, 0.3) is 0 Å². The van der Waals surface area contributed by atoms with Crippen LogP contribution in [0.3, 0.4) is 0 Å². The minimum absolute atomic E-state index is 0.107. The van der Waals surface area contributed by atoms with E-state index in [0.29, 0.717) is 23.9 Å². The zero-order valence-corrected chi connectivity index (χ0v) is 14.5. The summed E-state index contributed by atoms with van der Waals surface area (Å²) in [5.41, 5.74) is 0. The topological polar surface area (TPSA) is 65.5 Å². The van der Waals surface area contributed by atoms with Crippen LogP contribution in [0.1, 0.15) is 13.3 Å². The van der Waals surface area contributed by atoms with Crippen molar-refractivity contribution in [2.45, 2.75) is 18.2 Å². The number of likely N-dealkylation sites (N-methyl/N-ethyl adjacent to an activating group) is 2. The fourth-order valence-electron chi connectivity index (χ4n) is 1.58. The van der Waals surface area contributed by atoms with Crippen molar-refractivity contribution >= 4 is 27.4 Å². The second-order valence-electron chi connectivity index (χ2n) is 5.06. The summed E-state index contributed by atoms with van der Waals surface area (Å²) in [6.07, 6.45) is 2.27. The maximum atomic E-state index is 12.4. The first-order valence-corrected chi connectivity index (χ1v) is 8.61. The van der Waals surface area contributed by atoms with E-state index in [1.165, 1.54) is 16.6 Å². The van der Waals surface area contributed by atoms with Gasteiger partial charge >= 0.3 is 0 Å². The lowest BCUT2D eigenvalue weighted by atomic mass is 10.4. The van der Waals surface area contributed by atoms with Gasteiger partial charge in [-0.15, -0.1) is 0 Å². The highest BCUT2D eigenvalue weighted by Crippen LogP contribution is 2.24. The molecule has 1 aromatic rings. The van der Waals surface area contributed by atoms with Crippen molar-refractivity contribution in [1.29, 1.82) is 0 Å². The Morgan fingerprint density at radius 3 is 2.48 bits per heavy atom. The molecular formula is C13H23ClN4O2S.